The van der Waals surface area contributed by atoms with Crippen LogP contribution in [0, 0.1) is 9.39 Å². The van der Waals surface area contributed by atoms with Crippen molar-refractivity contribution in [1.82, 2.24) is 5.32 Å². The number of rotatable bonds is 4. The molecule has 0 spiro atoms. The van der Waals surface area contributed by atoms with Crippen LogP contribution in [-0.4, -0.2) is 14.2 Å². The van der Waals surface area contributed by atoms with E-state index in [2.05, 4.69) is 43.8 Å². The number of methoxy groups -OCH3 is 1. The van der Waals surface area contributed by atoms with Gasteiger partial charge in [0, 0.05) is 13.6 Å². The molecule has 0 saturated heterocycles. The zero-order chi connectivity index (χ0) is 14.7. The summed E-state index contributed by atoms with van der Waals surface area (Å²) < 4.78 is 21.0. The van der Waals surface area contributed by atoms with Crippen LogP contribution in [0.1, 0.15) is 17.2 Å². The Morgan fingerprint density at radius 2 is 1.95 bits per heavy atom. The molecule has 0 amide bonds. The molecule has 1 N–H and O–H groups in total. The second-order valence-corrected chi connectivity index (χ2v) is 6.35. The van der Waals surface area contributed by atoms with E-state index >= 15 is 0 Å². The zero-order valence-electron chi connectivity index (χ0n) is 11.1. The predicted molar refractivity (Wildman–Crippen MR) is 90.7 cm³/mol. The van der Waals surface area contributed by atoms with Gasteiger partial charge in [-0.15, -0.1) is 0 Å². The Morgan fingerprint density at radius 1 is 1.20 bits per heavy atom. The van der Waals surface area contributed by atoms with E-state index in [1.54, 1.807) is 13.2 Å². The summed E-state index contributed by atoms with van der Waals surface area (Å²) in [6, 6.07) is 10.5. The maximum Gasteiger partial charge on any atom is 0.124 e. The summed E-state index contributed by atoms with van der Waals surface area (Å²) >= 11 is 5.76. The van der Waals surface area contributed by atoms with Gasteiger partial charge in [0.15, 0.2) is 0 Å². The molecule has 0 radical (unpaired) electrons. The fourth-order valence-electron chi connectivity index (χ4n) is 2.15. The Labute approximate surface area is 140 Å². The molecule has 0 heterocycles. The van der Waals surface area contributed by atoms with E-state index in [0.717, 1.165) is 19.2 Å². The number of halogens is 3. The van der Waals surface area contributed by atoms with Gasteiger partial charge < -0.3 is 10.1 Å². The smallest absolute Gasteiger partial charge is 0.124 e. The van der Waals surface area contributed by atoms with E-state index in [9.17, 15) is 4.39 Å². The van der Waals surface area contributed by atoms with Crippen LogP contribution < -0.4 is 10.1 Å². The molecule has 0 bridgehead atoms. The molecule has 0 aliphatic heterocycles. The van der Waals surface area contributed by atoms with Crippen molar-refractivity contribution in [2.45, 2.75) is 6.04 Å². The Balaban J connectivity index is 2.57. The Bertz CT molecular complexity index is 621. The number of ether oxygens (including phenoxy) is 1. The quantitative estimate of drug-likeness (QED) is 0.693. The third-order valence-electron chi connectivity index (χ3n) is 3.06. The van der Waals surface area contributed by atoms with Crippen molar-refractivity contribution >= 4 is 38.5 Å². The maximum atomic E-state index is 13.6. The molecular formula is C15H14BrFINO. The molecular weight excluding hydrogens is 436 g/mol. The molecule has 0 aliphatic carbocycles. The van der Waals surface area contributed by atoms with Crippen molar-refractivity contribution in [3.8, 4) is 5.75 Å². The summed E-state index contributed by atoms with van der Waals surface area (Å²) in [4.78, 5) is 0. The van der Waals surface area contributed by atoms with Crippen molar-refractivity contribution in [2.24, 2.45) is 0 Å². The fourth-order valence-corrected chi connectivity index (χ4v) is 3.17. The van der Waals surface area contributed by atoms with Gasteiger partial charge in [-0.05, 0) is 71.6 Å². The Kier molecular flexibility index (Phi) is 5.40. The van der Waals surface area contributed by atoms with E-state index in [1.165, 1.54) is 12.1 Å². The second-order valence-electron chi connectivity index (χ2n) is 4.27. The van der Waals surface area contributed by atoms with Crippen LogP contribution in [0.15, 0.2) is 40.9 Å². The van der Waals surface area contributed by atoms with E-state index in [0.29, 0.717) is 5.75 Å². The first-order valence-electron chi connectivity index (χ1n) is 6.02. The highest BCUT2D eigenvalue weighted by atomic mass is 127. The zero-order valence-corrected chi connectivity index (χ0v) is 14.8. The second kappa shape index (κ2) is 6.87. The molecule has 2 nitrogen and oxygen atoms in total. The summed E-state index contributed by atoms with van der Waals surface area (Å²) in [5.41, 5.74) is 1.86. The lowest BCUT2D eigenvalue weighted by Crippen LogP contribution is -2.19. The monoisotopic (exact) mass is 449 g/mol. The van der Waals surface area contributed by atoms with E-state index in [1.807, 2.05) is 25.2 Å². The van der Waals surface area contributed by atoms with Gasteiger partial charge in [-0.25, -0.2) is 4.39 Å². The molecule has 5 heteroatoms. The van der Waals surface area contributed by atoms with Gasteiger partial charge in [-0.1, -0.05) is 15.9 Å². The molecule has 2 aromatic rings. The number of hydrogen-bond donors (Lipinski definition) is 1. The van der Waals surface area contributed by atoms with Gasteiger partial charge >= 0.3 is 0 Å². The summed E-state index contributed by atoms with van der Waals surface area (Å²) in [5, 5.41) is 3.23. The third kappa shape index (κ3) is 3.32. The lowest BCUT2D eigenvalue weighted by molar-refractivity contribution is 0.403. The molecule has 2 aromatic carbocycles. The minimum Gasteiger partial charge on any atom is -0.496 e. The van der Waals surface area contributed by atoms with Crippen LogP contribution >= 0.6 is 38.5 Å². The first-order valence-corrected chi connectivity index (χ1v) is 7.89. The summed E-state index contributed by atoms with van der Waals surface area (Å²) in [6.45, 7) is 0. The highest BCUT2D eigenvalue weighted by molar-refractivity contribution is 14.1. The first kappa shape index (κ1) is 15.7. The van der Waals surface area contributed by atoms with Gasteiger partial charge in [0.1, 0.15) is 11.6 Å². The molecule has 1 atom stereocenters. The van der Waals surface area contributed by atoms with Gasteiger partial charge in [0.25, 0.3) is 0 Å². The fraction of sp³-hybridized carbons (Fsp3) is 0.200. The minimum atomic E-state index is -0.272. The Hall–Kier alpha value is -0.660. The van der Waals surface area contributed by atoms with Crippen molar-refractivity contribution < 1.29 is 9.13 Å². The lowest BCUT2D eigenvalue weighted by atomic mass is 9.98. The van der Waals surface area contributed by atoms with Crippen molar-refractivity contribution in [3.05, 3.63) is 61.4 Å². The van der Waals surface area contributed by atoms with Crippen molar-refractivity contribution in [1.29, 1.82) is 0 Å². The van der Waals surface area contributed by atoms with Gasteiger partial charge in [0.2, 0.25) is 0 Å². The van der Waals surface area contributed by atoms with Crippen molar-refractivity contribution in [3.63, 3.8) is 0 Å². The topological polar surface area (TPSA) is 21.3 Å². The van der Waals surface area contributed by atoms with E-state index < -0.39 is 0 Å². The number of hydrogen-bond acceptors (Lipinski definition) is 2. The van der Waals surface area contributed by atoms with Crippen LogP contribution in [0.4, 0.5) is 4.39 Å². The number of nitrogens with one attached hydrogen (secondary N) is 1. The van der Waals surface area contributed by atoms with E-state index in [4.69, 9.17) is 4.74 Å². The predicted octanol–water partition coefficient (Wildman–Crippen LogP) is 4.51. The molecule has 0 aromatic heterocycles. The summed E-state index contributed by atoms with van der Waals surface area (Å²) in [6.07, 6.45) is 0. The summed E-state index contributed by atoms with van der Waals surface area (Å²) in [5.74, 6) is 0.396. The molecule has 0 saturated carbocycles. The van der Waals surface area contributed by atoms with Crippen LogP contribution in [0.5, 0.6) is 5.75 Å². The molecule has 1 unspecified atom stereocenters. The highest BCUT2D eigenvalue weighted by Gasteiger charge is 2.19. The minimum absolute atomic E-state index is 0.134. The van der Waals surface area contributed by atoms with Crippen molar-refractivity contribution in [2.75, 3.05) is 14.2 Å². The third-order valence-corrected chi connectivity index (χ3v) is 4.54. The summed E-state index contributed by atoms with van der Waals surface area (Å²) in [7, 11) is 3.45. The van der Waals surface area contributed by atoms with Gasteiger partial charge in [-0.3, -0.25) is 0 Å². The molecule has 0 fully saturated rings. The highest BCUT2D eigenvalue weighted by Crippen LogP contribution is 2.33. The number of benzene rings is 2. The average Bonchev–Trinajstić information content (AvgIpc) is 2.44. The van der Waals surface area contributed by atoms with Crippen LogP contribution in [0.2, 0.25) is 0 Å². The molecule has 106 valence electrons. The molecule has 20 heavy (non-hydrogen) atoms. The largest absolute Gasteiger partial charge is 0.496 e. The normalized spacial score (nSPS) is 12.2. The van der Waals surface area contributed by atoms with Crippen LogP contribution in [-0.2, 0) is 0 Å². The average molecular weight is 450 g/mol. The van der Waals surface area contributed by atoms with Gasteiger partial charge in [0.05, 0.1) is 13.2 Å². The Morgan fingerprint density at radius 3 is 2.60 bits per heavy atom. The SMILES string of the molecule is CNC(c1cc(Br)ccc1I)c1cc(F)ccc1OC. The van der Waals surface area contributed by atoms with Crippen LogP contribution in [0.25, 0.3) is 0 Å². The molecule has 0 aliphatic rings. The maximum absolute atomic E-state index is 13.6. The molecule has 2 rings (SSSR count). The standard InChI is InChI=1S/C15H14BrFINO/c1-19-15(11-7-9(16)3-5-13(11)18)12-8-10(17)4-6-14(12)20-2/h3-8,15,19H,1-2H3. The van der Waals surface area contributed by atoms with Gasteiger partial charge in [-0.2, -0.15) is 0 Å². The first-order chi connectivity index (χ1) is 9.56. The van der Waals surface area contributed by atoms with Crippen LogP contribution in [0.3, 0.4) is 0 Å². The van der Waals surface area contributed by atoms with E-state index in [-0.39, 0.29) is 11.9 Å². The lowest BCUT2D eigenvalue weighted by Gasteiger charge is -2.21.